The van der Waals surface area contributed by atoms with E-state index in [0.717, 1.165) is 4.68 Å². The number of methoxy groups -OCH3 is 1. The summed E-state index contributed by atoms with van der Waals surface area (Å²) in [6.07, 6.45) is 0. The minimum atomic E-state index is -4.46. The van der Waals surface area contributed by atoms with Crippen LogP contribution in [-0.4, -0.2) is 53.9 Å². The van der Waals surface area contributed by atoms with Crippen LogP contribution in [0.1, 0.15) is 28.7 Å². The van der Waals surface area contributed by atoms with Crippen molar-refractivity contribution in [2.75, 3.05) is 19.0 Å². The molecule has 13 heteroatoms. The molecule has 2 aromatic heterocycles. The maximum Gasteiger partial charge on any atom is 0.343 e. The van der Waals surface area contributed by atoms with E-state index in [-0.39, 0.29) is 29.7 Å². The largest absolute Gasteiger partial charge is 0.481 e. The predicted octanol–water partition coefficient (Wildman–Crippen LogP) is 0.523. The minimum absolute atomic E-state index is 0.0487. The molecular weight excluding hydrogens is 392 g/mol. The molecule has 0 spiro atoms. The Morgan fingerprint density at radius 2 is 1.93 bits per heavy atom. The van der Waals surface area contributed by atoms with Crippen LogP contribution in [0.25, 0.3) is 0 Å². The maximum absolute atomic E-state index is 12.7. The van der Waals surface area contributed by atoms with E-state index in [1.54, 1.807) is 18.6 Å². The van der Waals surface area contributed by atoms with Gasteiger partial charge < -0.3 is 9.47 Å². The van der Waals surface area contributed by atoms with Crippen molar-refractivity contribution in [3.05, 3.63) is 23.0 Å². The number of aromatic nitrogens is 4. The number of carbonyl (C=O) groups is 2. The van der Waals surface area contributed by atoms with Crippen molar-refractivity contribution >= 4 is 28.0 Å². The van der Waals surface area contributed by atoms with Crippen molar-refractivity contribution in [1.29, 1.82) is 0 Å². The van der Waals surface area contributed by atoms with E-state index in [0.29, 0.717) is 5.69 Å². The van der Waals surface area contributed by atoms with E-state index in [2.05, 4.69) is 20.4 Å². The third-order valence-electron chi connectivity index (χ3n) is 3.40. The predicted molar refractivity (Wildman–Crippen MR) is 96.6 cm³/mol. The fourth-order valence-corrected chi connectivity index (χ4v) is 3.66. The van der Waals surface area contributed by atoms with Gasteiger partial charge in [-0.1, -0.05) is 0 Å². The molecule has 152 valence electrons. The van der Waals surface area contributed by atoms with E-state index in [9.17, 15) is 18.0 Å². The zero-order chi connectivity index (χ0) is 21.1. The molecule has 2 amide bonds. The Morgan fingerprint density at radius 1 is 1.25 bits per heavy atom. The molecule has 0 saturated heterocycles. The molecule has 2 heterocycles. The first-order valence-electron chi connectivity index (χ1n) is 8.03. The number of nitrogens with one attached hydrogen (secondary N) is 2. The van der Waals surface area contributed by atoms with Crippen molar-refractivity contribution in [1.82, 2.24) is 24.5 Å². The highest BCUT2D eigenvalue weighted by Gasteiger charge is 2.32. The zero-order valence-electron chi connectivity index (χ0n) is 15.9. The van der Waals surface area contributed by atoms with Crippen molar-refractivity contribution in [2.24, 2.45) is 7.05 Å². The molecule has 0 atom stereocenters. The fraction of sp³-hybridized carbons (Fsp3) is 0.400. The average Bonchev–Trinajstić information content (AvgIpc) is 2.88. The minimum Gasteiger partial charge on any atom is -0.481 e. The first-order chi connectivity index (χ1) is 13.1. The summed E-state index contributed by atoms with van der Waals surface area (Å²) in [6, 6.07) is 0.408. The summed E-state index contributed by atoms with van der Waals surface area (Å²) in [5.74, 6) is -0.825. The Labute approximate surface area is 161 Å². The van der Waals surface area contributed by atoms with Gasteiger partial charge in [0.05, 0.1) is 19.4 Å². The standard InChI is InChI=1S/C15H20N6O6S/c1-6-27-13(22)11-9(3)19-21(4)12(11)28(24,25)20-15(23)18-14-16-8(2)7-10(17-14)26-5/h7H,6H2,1-5H3,(H2,16,17,18,20,23). The summed E-state index contributed by atoms with van der Waals surface area (Å²) in [5.41, 5.74) is 0.392. The van der Waals surface area contributed by atoms with Gasteiger partial charge in [-0.2, -0.15) is 18.5 Å². The summed E-state index contributed by atoms with van der Waals surface area (Å²) in [5, 5.41) is 5.64. The second kappa shape index (κ2) is 8.21. The number of ether oxygens (including phenoxy) is 2. The van der Waals surface area contributed by atoms with Gasteiger partial charge >= 0.3 is 12.0 Å². The van der Waals surface area contributed by atoms with Gasteiger partial charge in [-0.05, 0) is 20.8 Å². The number of rotatable bonds is 6. The molecule has 0 aliphatic rings. The summed E-state index contributed by atoms with van der Waals surface area (Å²) in [7, 11) is -1.74. The topological polar surface area (TPSA) is 154 Å². The number of nitrogens with zero attached hydrogens (tertiary/aromatic N) is 4. The highest BCUT2D eigenvalue weighted by Crippen LogP contribution is 2.20. The lowest BCUT2D eigenvalue weighted by Gasteiger charge is -2.10. The summed E-state index contributed by atoms with van der Waals surface area (Å²) >= 11 is 0. The van der Waals surface area contributed by atoms with Gasteiger partial charge in [0.15, 0.2) is 5.03 Å². The van der Waals surface area contributed by atoms with Crippen LogP contribution in [0.15, 0.2) is 11.1 Å². The van der Waals surface area contributed by atoms with Gasteiger partial charge in [0.2, 0.25) is 11.8 Å². The zero-order valence-corrected chi connectivity index (χ0v) is 16.7. The molecule has 0 aromatic carbocycles. The quantitative estimate of drug-likeness (QED) is 0.646. The van der Waals surface area contributed by atoms with Crippen molar-refractivity contribution in [2.45, 2.75) is 25.8 Å². The summed E-state index contributed by atoms with van der Waals surface area (Å²) in [6.45, 7) is 4.74. The maximum atomic E-state index is 12.7. The van der Waals surface area contributed by atoms with Crippen LogP contribution < -0.4 is 14.8 Å². The molecule has 12 nitrogen and oxygen atoms in total. The lowest BCUT2D eigenvalue weighted by Crippen LogP contribution is -2.36. The van der Waals surface area contributed by atoms with E-state index in [4.69, 9.17) is 9.47 Å². The SMILES string of the molecule is CCOC(=O)c1c(C)nn(C)c1S(=O)(=O)NC(=O)Nc1nc(C)cc(OC)n1. The third kappa shape index (κ3) is 4.54. The lowest BCUT2D eigenvalue weighted by atomic mass is 10.3. The number of urea groups is 1. The van der Waals surface area contributed by atoms with Crippen LogP contribution in [0.5, 0.6) is 5.88 Å². The fourth-order valence-electron chi connectivity index (χ4n) is 2.38. The molecule has 0 aliphatic heterocycles. The lowest BCUT2D eigenvalue weighted by molar-refractivity contribution is 0.0520. The summed E-state index contributed by atoms with van der Waals surface area (Å²) < 4.78 is 38.0. The van der Waals surface area contributed by atoms with Crippen LogP contribution in [0.3, 0.4) is 0 Å². The molecule has 0 unspecified atom stereocenters. The van der Waals surface area contributed by atoms with E-state index in [1.165, 1.54) is 27.1 Å². The molecule has 2 N–H and O–H groups in total. The Bertz CT molecular complexity index is 1020. The van der Waals surface area contributed by atoms with Gasteiger partial charge in [-0.3, -0.25) is 10.00 Å². The van der Waals surface area contributed by atoms with Crippen LogP contribution >= 0.6 is 0 Å². The molecule has 0 saturated carbocycles. The van der Waals surface area contributed by atoms with E-state index in [1.807, 2.05) is 0 Å². The Hall–Kier alpha value is -3.22. The Balaban J connectivity index is 2.30. The molecule has 0 bridgehead atoms. The van der Waals surface area contributed by atoms with Crippen molar-refractivity contribution in [3.8, 4) is 5.88 Å². The molecule has 2 rings (SSSR count). The Morgan fingerprint density at radius 3 is 2.54 bits per heavy atom. The number of carbonyl (C=O) groups excluding carboxylic acids is 2. The molecule has 0 fully saturated rings. The average molecular weight is 412 g/mol. The second-order valence-electron chi connectivity index (χ2n) is 5.54. The van der Waals surface area contributed by atoms with Gasteiger partial charge in [0.1, 0.15) is 5.56 Å². The normalized spacial score (nSPS) is 11.0. The van der Waals surface area contributed by atoms with Crippen LogP contribution in [0.2, 0.25) is 0 Å². The molecular formula is C15H20N6O6S. The van der Waals surface area contributed by atoms with E-state index >= 15 is 0 Å². The number of hydrogen-bond donors (Lipinski definition) is 2. The number of sulfonamides is 1. The van der Waals surface area contributed by atoms with Gasteiger partial charge in [-0.15, -0.1) is 0 Å². The van der Waals surface area contributed by atoms with Gasteiger partial charge in [-0.25, -0.2) is 19.3 Å². The van der Waals surface area contributed by atoms with Crippen molar-refractivity contribution < 1.29 is 27.5 Å². The molecule has 2 aromatic rings. The van der Waals surface area contributed by atoms with Crippen LogP contribution in [-0.2, 0) is 21.8 Å². The number of esters is 1. The highest BCUT2D eigenvalue weighted by atomic mass is 32.2. The molecule has 28 heavy (non-hydrogen) atoms. The number of amides is 2. The van der Waals surface area contributed by atoms with Gasteiger partial charge in [0, 0.05) is 18.8 Å². The summed E-state index contributed by atoms with van der Waals surface area (Å²) in [4.78, 5) is 32.2. The second-order valence-corrected chi connectivity index (χ2v) is 7.14. The third-order valence-corrected chi connectivity index (χ3v) is 4.83. The van der Waals surface area contributed by atoms with Gasteiger partial charge in [0.25, 0.3) is 10.0 Å². The smallest absolute Gasteiger partial charge is 0.343 e. The Kier molecular flexibility index (Phi) is 6.18. The van der Waals surface area contributed by atoms with E-state index < -0.39 is 27.0 Å². The molecule has 0 radical (unpaired) electrons. The first kappa shape index (κ1) is 21.1. The number of anilines is 1. The number of hydrogen-bond acceptors (Lipinski definition) is 9. The van der Waals surface area contributed by atoms with Crippen LogP contribution in [0, 0.1) is 13.8 Å². The molecule has 0 aliphatic carbocycles. The van der Waals surface area contributed by atoms with Crippen molar-refractivity contribution in [3.63, 3.8) is 0 Å². The first-order valence-corrected chi connectivity index (χ1v) is 9.51. The highest BCUT2D eigenvalue weighted by molar-refractivity contribution is 7.90. The number of aryl methyl sites for hydroxylation is 3. The monoisotopic (exact) mass is 412 g/mol. The van der Waals surface area contributed by atoms with Crippen LogP contribution in [0.4, 0.5) is 10.7 Å².